The summed E-state index contributed by atoms with van der Waals surface area (Å²) in [5.74, 6) is 0.0295. The number of nitrogens with zero attached hydrogens (tertiary/aromatic N) is 2. The molecule has 2 aliphatic rings. The Kier molecular flexibility index (Phi) is 3.83. The molecular weight excluding hydrogens is 252 g/mol. The molecule has 1 aromatic rings. The first-order valence-electron chi connectivity index (χ1n) is 7.34. The van der Waals surface area contributed by atoms with Crippen molar-refractivity contribution in [1.29, 1.82) is 0 Å². The van der Waals surface area contributed by atoms with Crippen molar-refractivity contribution in [2.75, 3.05) is 0 Å². The van der Waals surface area contributed by atoms with Gasteiger partial charge in [0.05, 0.1) is 24.3 Å². The molecule has 3 rings (SSSR count). The van der Waals surface area contributed by atoms with Gasteiger partial charge in [-0.25, -0.2) is 5.01 Å². The van der Waals surface area contributed by atoms with Crippen LogP contribution < -0.4 is 0 Å². The van der Waals surface area contributed by atoms with E-state index >= 15 is 0 Å². The molecule has 0 radical (unpaired) electrons. The number of benzene rings is 1. The number of hydrogen-bond acceptors (Lipinski definition) is 3. The topological polar surface area (TPSA) is 52.9 Å². The minimum Gasteiger partial charge on any atom is -0.391 e. The first-order valence-corrected chi connectivity index (χ1v) is 7.34. The lowest BCUT2D eigenvalue weighted by molar-refractivity contribution is -0.134. The molecule has 1 heterocycles. The number of rotatable bonds is 3. The summed E-state index contributed by atoms with van der Waals surface area (Å²) >= 11 is 0. The van der Waals surface area contributed by atoms with Crippen LogP contribution in [0.15, 0.2) is 35.4 Å². The Morgan fingerprint density at radius 2 is 1.95 bits per heavy atom. The standard InChI is InChI=1S/C16H20N2O2/c19-15-9-5-4-8-14(15)18-16(20)11-13(17-18)10-12-6-2-1-3-7-12/h1-3,6-7,14-15,19H,4-5,8-11H2/t14-,15-/m1/s1. The minimum absolute atomic E-state index is 0.0295. The second-order valence-electron chi connectivity index (χ2n) is 5.66. The highest BCUT2D eigenvalue weighted by Crippen LogP contribution is 2.26. The molecule has 4 nitrogen and oxygen atoms in total. The fraction of sp³-hybridized carbons (Fsp3) is 0.500. The molecule has 1 aromatic carbocycles. The molecular formula is C16H20N2O2. The van der Waals surface area contributed by atoms with Crippen LogP contribution in [0.25, 0.3) is 0 Å². The maximum absolute atomic E-state index is 12.1. The van der Waals surface area contributed by atoms with Crippen molar-refractivity contribution < 1.29 is 9.90 Å². The molecule has 1 fully saturated rings. The van der Waals surface area contributed by atoms with Crippen LogP contribution in [0.5, 0.6) is 0 Å². The van der Waals surface area contributed by atoms with E-state index in [4.69, 9.17) is 0 Å². The highest BCUT2D eigenvalue weighted by atomic mass is 16.3. The molecule has 20 heavy (non-hydrogen) atoms. The molecule has 0 bridgehead atoms. The van der Waals surface area contributed by atoms with Gasteiger partial charge in [0.25, 0.3) is 0 Å². The Bertz CT molecular complexity index is 512. The van der Waals surface area contributed by atoms with Gasteiger partial charge in [0.15, 0.2) is 0 Å². The second kappa shape index (κ2) is 5.75. The van der Waals surface area contributed by atoms with Gasteiger partial charge < -0.3 is 5.11 Å². The van der Waals surface area contributed by atoms with Crippen molar-refractivity contribution in [2.45, 2.75) is 50.7 Å². The van der Waals surface area contributed by atoms with Gasteiger partial charge >= 0.3 is 0 Å². The van der Waals surface area contributed by atoms with Crippen LogP contribution in [-0.4, -0.2) is 33.9 Å². The van der Waals surface area contributed by atoms with Crippen LogP contribution in [0.1, 0.15) is 37.7 Å². The van der Waals surface area contributed by atoms with Gasteiger partial charge in [-0.15, -0.1) is 0 Å². The van der Waals surface area contributed by atoms with Crippen molar-refractivity contribution in [3.63, 3.8) is 0 Å². The quantitative estimate of drug-likeness (QED) is 0.916. The van der Waals surface area contributed by atoms with E-state index in [1.54, 1.807) is 5.01 Å². The summed E-state index contributed by atoms with van der Waals surface area (Å²) in [6.45, 7) is 0. The summed E-state index contributed by atoms with van der Waals surface area (Å²) in [5, 5.41) is 16.1. The number of amides is 1. The predicted molar refractivity (Wildman–Crippen MR) is 77.3 cm³/mol. The third-order valence-corrected chi connectivity index (χ3v) is 4.12. The first-order chi connectivity index (χ1) is 9.74. The van der Waals surface area contributed by atoms with Crippen LogP contribution in [-0.2, 0) is 11.2 Å². The van der Waals surface area contributed by atoms with Gasteiger partial charge in [0.2, 0.25) is 5.91 Å². The zero-order valence-electron chi connectivity index (χ0n) is 11.5. The highest BCUT2D eigenvalue weighted by Gasteiger charge is 2.35. The average molecular weight is 272 g/mol. The Labute approximate surface area is 119 Å². The number of carbonyl (C=O) groups excluding carboxylic acids is 1. The summed E-state index contributed by atoms with van der Waals surface area (Å²) in [4.78, 5) is 12.1. The van der Waals surface area contributed by atoms with E-state index < -0.39 is 6.10 Å². The fourth-order valence-electron chi connectivity index (χ4n) is 3.06. The van der Waals surface area contributed by atoms with Crippen molar-refractivity contribution in [3.05, 3.63) is 35.9 Å². The molecule has 2 atom stereocenters. The van der Waals surface area contributed by atoms with Gasteiger partial charge in [-0.3, -0.25) is 4.79 Å². The van der Waals surface area contributed by atoms with Gasteiger partial charge in [-0.2, -0.15) is 5.10 Å². The summed E-state index contributed by atoms with van der Waals surface area (Å²) in [5.41, 5.74) is 2.07. The Hall–Kier alpha value is -1.68. The van der Waals surface area contributed by atoms with Gasteiger partial charge in [-0.1, -0.05) is 43.2 Å². The Morgan fingerprint density at radius 1 is 1.20 bits per heavy atom. The van der Waals surface area contributed by atoms with Gasteiger partial charge in [0.1, 0.15) is 0 Å². The second-order valence-corrected chi connectivity index (χ2v) is 5.66. The molecule has 0 saturated heterocycles. The lowest BCUT2D eigenvalue weighted by Crippen LogP contribution is -2.43. The number of aliphatic hydroxyl groups excluding tert-OH is 1. The van der Waals surface area contributed by atoms with Crippen molar-refractivity contribution >= 4 is 11.6 Å². The maximum atomic E-state index is 12.1. The van der Waals surface area contributed by atoms with E-state index in [1.807, 2.05) is 30.3 Å². The smallest absolute Gasteiger partial charge is 0.248 e. The van der Waals surface area contributed by atoms with Crippen LogP contribution in [0, 0.1) is 0 Å². The van der Waals surface area contributed by atoms with Crippen LogP contribution in [0.4, 0.5) is 0 Å². The number of carbonyl (C=O) groups is 1. The fourth-order valence-corrected chi connectivity index (χ4v) is 3.06. The van der Waals surface area contributed by atoms with Crippen LogP contribution >= 0.6 is 0 Å². The summed E-state index contributed by atoms with van der Waals surface area (Å²) < 4.78 is 0. The third kappa shape index (κ3) is 2.75. The van der Waals surface area contributed by atoms with E-state index in [0.717, 1.165) is 31.4 Å². The van der Waals surface area contributed by atoms with Crippen molar-refractivity contribution in [2.24, 2.45) is 5.10 Å². The average Bonchev–Trinajstić information content (AvgIpc) is 2.81. The largest absolute Gasteiger partial charge is 0.391 e. The maximum Gasteiger partial charge on any atom is 0.248 e. The predicted octanol–water partition coefficient (Wildman–Crippen LogP) is 2.12. The molecule has 1 aliphatic heterocycles. The summed E-state index contributed by atoms with van der Waals surface area (Å²) in [7, 11) is 0. The number of hydrogen-bond donors (Lipinski definition) is 1. The molecule has 0 spiro atoms. The van der Waals surface area contributed by atoms with Crippen LogP contribution in [0.2, 0.25) is 0 Å². The zero-order chi connectivity index (χ0) is 13.9. The molecule has 0 aromatic heterocycles. The van der Waals surface area contributed by atoms with E-state index in [9.17, 15) is 9.90 Å². The SMILES string of the molecule is O=C1CC(Cc2ccccc2)=NN1[C@@H]1CCCC[C@H]1O. The number of hydrazone groups is 1. The summed E-state index contributed by atoms with van der Waals surface area (Å²) in [6.07, 6.45) is 4.42. The molecule has 106 valence electrons. The minimum atomic E-state index is -0.424. The summed E-state index contributed by atoms with van der Waals surface area (Å²) in [6, 6.07) is 9.95. The van der Waals surface area contributed by atoms with E-state index in [2.05, 4.69) is 5.10 Å². The third-order valence-electron chi connectivity index (χ3n) is 4.12. The van der Waals surface area contributed by atoms with E-state index in [0.29, 0.717) is 12.8 Å². The molecule has 1 saturated carbocycles. The van der Waals surface area contributed by atoms with Crippen LogP contribution in [0.3, 0.4) is 0 Å². The van der Waals surface area contributed by atoms with Crippen molar-refractivity contribution in [3.8, 4) is 0 Å². The Morgan fingerprint density at radius 3 is 2.70 bits per heavy atom. The lowest BCUT2D eigenvalue weighted by atomic mass is 9.92. The lowest BCUT2D eigenvalue weighted by Gasteiger charge is -2.32. The van der Waals surface area contributed by atoms with E-state index in [1.165, 1.54) is 5.56 Å². The molecule has 1 aliphatic carbocycles. The molecule has 1 N–H and O–H groups in total. The number of aliphatic hydroxyl groups is 1. The monoisotopic (exact) mass is 272 g/mol. The first kappa shape index (κ1) is 13.3. The van der Waals surface area contributed by atoms with E-state index in [-0.39, 0.29) is 11.9 Å². The zero-order valence-corrected chi connectivity index (χ0v) is 11.5. The molecule has 1 amide bonds. The van der Waals surface area contributed by atoms with Gasteiger partial charge in [0, 0.05) is 6.42 Å². The normalized spacial score (nSPS) is 26.8. The molecule has 4 heteroatoms. The molecule has 0 unspecified atom stereocenters. The van der Waals surface area contributed by atoms with Crippen molar-refractivity contribution in [1.82, 2.24) is 5.01 Å². The van der Waals surface area contributed by atoms with Gasteiger partial charge in [-0.05, 0) is 18.4 Å². The Balaban J connectivity index is 1.71. The highest BCUT2D eigenvalue weighted by molar-refractivity contribution is 6.05.